The second kappa shape index (κ2) is 31.3. The Morgan fingerprint density at radius 1 is 0.630 bits per heavy atom. The van der Waals surface area contributed by atoms with Crippen molar-refractivity contribution in [2.24, 2.45) is 0 Å². The van der Waals surface area contributed by atoms with Crippen LogP contribution >= 0.6 is 11.8 Å². The SMILES string of the molecule is CCSC(=O)CNC(=O)CNC(=O)[C@H](Cc1ccccc1)NC(=O)CNC(=O)[C@H](Cc1ccc(OC(C)(C)C)cc1)NC(=O)CNC(=O)OCc1ccc(OCCNC(=O)CNS(=O)(=O)CCCC(=O)O)cc1. The number of thioether (sulfide) groups is 1. The van der Waals surface area contributed by atoms with Gasteiger partial charge in [0.05, 0.1) is 38.5 Å². The topological polar surface area (TPSA) is 332 Å². The van der Waals surface area contributed by atoms with E-state index < -0.39 is 107 Å². The molecule has 0 aliphatic rings. The van der Waals surface area contributed by atoms with Gasteiger partial charge in [-0.3, -0.25) is 38.4 Å². The molecule has 9 N–H and O–H groups in total. The number of ether oxygens (including phenoxy) is 3. The Morgan fingerprint density at radius 3 is 1.74 bits per heavy atom. The lowest BCUT2D eigenvalue weighted by molar-refractivity contribution is -0.137. The van der Waals surface area contributed by atoms with E-state index in [1.54, 1.807) is 85.8 Å². The molecule has 0 bridgehead atoms. The summed E-state index contributed by atoms with van der Waals surface area (Å²) in [6.07, 6.45) is -1.36. The Balaban J connectivity index is 1.53. The summed E-state index contributed by atoms with van der Waals surface area (Å²) >= 11 is 1.04. The predicted molar refractivity (Wildman–Crippen MR) is 268 cm³/mol. The van der Waals surface area contributed by atoms with E-state index in [1.807, 2.05) is 20.8 Å². The van der Waals surface area contributed by atoms with Crippen LogP contribution in [0.1, 0.15) is 57.2 Å². The van der Waals surface area contributed by atoms with Gasteiger partial charge in [0.15, 0.2) is 0 Å². The van der Waals surface area contributed by atoms with Crippen molar-refractivity contribution in [2.75, 3.05) is 57.4 Å². The minimum absolute atomic E-state index is 0.0377. The van der Waals surface area contributed by atoms with Crippen molar-refractivity contribution in [3.05, 3.63) is 95.6 Å². The summed E-state index contributed by atoms with van der Waals surface area (Å²) in [4.78, 5) is 113. The summed E-state index contributed by atoms with van der Waals surface area (Å²) < 4.78 is 42.6. The smallest absolute Gasteiger partial charge is 0.407 e. The number of hydrogen-bond donors (Lipinski definition) is 9. The van der Waals surface area contributed by atoms with Crippen molar-refractivity contribution in [1.29, 1.82) is 0 Å². The van der Waals surface area contributed by atoms with Crippen LogP contribution in [0.2, 0.25) is 0 Å². The molecular formula is C48H64N8O15S2. The molecule has 0 aliphatic heterocycles. The van der Waals surface area contributed by atoms with Crippen molar-refractivity contribution < 1.29 is 70.9 Å². The van der Waals surface area contributed by atoms with E-state index in [9.17, 15) is 51.6 Å². The number of rotatable bonds is 31. The molecule has 7 amide bonds. The zero-order chi connectivity index (χ0) is 53.8. The third-order valence-corrected chi connectivity index (χ3v) is 11.8. The summed E-state index contributed by atoms with van der Waals surface area (Å²) in [6.45, 7) is 4.95. The van der Waals surface area contributed by atoms with E-state index in [0.29, 0.717) is 33.9 Å². The van der Waals surface area contributed by atoms with Crippen molar-refractivity contribution in [3.63, 3.8) is 0 Å². The molecule has 0 saturated heterocycles. The Labute approximate surface area is 427 Å². The van der Waals surface area contributed by atoms with Gasteiger partial charge in [-0.2, -0.15) is 0 Å². The second-order valence-corrected chi connectivity index (χ2v) is 20.2. The number of sulfonamides is 1. The average Bonchev–Trinajstić information content (AvgIpc) is 3.34. The summed E-state index contributed by atoms with van der Waals surface area (Å²) in [5.41, 5.74) is 1.39. The number of carbonyl (C=O) groups excluding carboxylic acids is 8. The van der Waals surface area contributed by atoms with Crippen LogP contribution in [0.15, 0.2) is 78.9 Å². The van der Waals surface area contributed by atoms with Crippen LogP contribution in [0.4, 0.5) is 4.79 Å². The number of hydrogen-bond acceptors (Lipinski definition) is 15. The predicted octanol–water partition coefficient (Wildman–Crippen LogP) is 0.453. The van der Waals surface area contributed by atoms with Gasteiger partial charge in [-0.15, -0.1) is 0 Å². The van der Waals surface area contributed by atoms with Crippen LogP contribution in [-0.4, -0.2) is 141 Å². The van der Waals surface area contributed by atoms with Crippen LogP contribution in [0.25, 0.3) is 0 Å². The van der Waals surface area contributed by atoms with Crippen LogP contribution in [-0.2, 0) is 72.6 Å². The van der Waals surface area contributed by atoms with Gasteiger partial charge < -0.3 is 56.5 Å². The van der Waals surface area contributed by atoms with Gasteiger partial charge in [-0.1, -0.05) is 73.3 Å². The molecule has 73 heavy (non-hydrogen) atoms. The van der Waals surface area contributed by atoms with Gasteiger partial charge in [-0.25, -0.2) is 17.9 Å². The molecule has 0 fully saturated rings. The van der Waals surface area contributed by atoms with Gasteiger partial charge in [0.2, 0.25) is 50.6 Å². The lowest BCUT2D eigenvalue weighted by atomic mass is 10.0. The molecule has 3 aromatic carbocycles. The molecule has 0 aromatic heterocycles. The molecule has 23 nitrogen and oxygen atoms in total. The number of carboxylic acid groups (broad SMARTS) is 1. The minimum Gasteiger partial charge on any atom is -0.492 e. The molecule has 25 heteroatoms. The lowest BCUT2D eigenvalue weighted by Gasteiger charge is -2.22. The number of aliphatic carboxylic acids is 1. The van der Waals surface area contributed by atoms with E-state index in [4.69, 9.17) is 19.3 Å². The highest BCUT2D eigenvalue weighted by atomic mass is 32.2. The molecule has 0 aliphatic carbocycles. The molecule has 3 rings (SSSR count). The van der Waals surface area contributed by atoms with Gasteiger partial charge in [0.25, 0.3) is 0 Å². The maximum atomic E-state index is 13.6. The molecule has 0 unspecified atom stereocenters. The highest BCUT2D eigenvalue weighted by Gasteiger charge is 2.26. The molecule has 0 saturated carbocycles. The minimum atomic E-state index is -3.82. The molecule has 3 aromatic rings. The molecule has 2 atom stereocenters. The molecule has 0 spiro atoms. The van der Waals surface area contributed by atoms with E-state index in [1.165, 1.54) is 0 Å². The first-order valence-electron chi connectivity index (χ1n) is 23.1. The summed E-state index contributed by atoms with van der Waals surface area (Å²) in [5.74, 6) is -4.22. The number of benzene rings is 3. The zero-order valence-corrected chi connectivity index (χ0v) is 42.7. The fourth-order valence-electron chi connectivity index (χ4n) is 6.19. The fraction of sp³-hybridized carbons (Fsp3) is 0.438. The van der Waals surface area contributed by atoms with E-state index >= 15 is 0 Å². The maximum absolute atomic E-state index is 13.6. The molecule has 0 radical (unpaired) electrons. The lowest BCUT2D eigenvalue weighted by Crippen LogP contribution is -2.54. The summed E-state index contributed by atoms with van der Waals surface area (Å²) in [7, 11) is -3.82. The first-order valence-corrected chi connectivity index (χ1v) is 25.7. The Kier molecular flexibility index (Phi) is 25.7. The summed E-state index contributed by atoms with van der Waals surface area (Å²) in [5, 5.41) is 25.8. The Hall–Kier alpha value is -7.25. The first-order chi connectivity index (χ1) is 34.6. The maximum Gasteiger partial charge on any atom is 0.407 e. The first kappa shape index (κ1) is 60.1. The number of alkyl carbamates (subject to hydrolysis) is 1. The van der Waals surface area contributed by atoms with E-state index in [0.717, 1.165) is 11.8 Å². The van der Waals surface area contributed by atoms with Gasteiger partial charge in [0.1, 0.15) is 48.9 Å². The Morgan fingerprint density at radius 2 is 1.16 bits per heavy atom. The van der Waals surface area contributed by atoms with Crippen LogP contribution < -0.4 is 51.4 Å². The third kappa shape index (κ3) is 26.7. The second-order valence-electron chi connectivity index (χ2n) is 16.9. The normalized spacial score (nSPS) is 11.9. The summed E-state index contributed by atoms with van der Waals surface area (Å²) in [6, 6.07) is 19.6. The highest BCUT2D eigenvalue weighted by Crippen LogP contribution is 2.19. The van der Waals surface area contributed by atoms with E-state index in [2.05, 4.69) is 41.9 Å². The fourth-order valence-corrected chi connectivity index (χ4v) is 7.70. The van der Waals surface area contributed by atoms with Crippen LogP contribution in [0, 0.1) is 0 Å². The van der Waals surface area contributed by atoms with Crippen molar-refractivity contribution >= 4 is 74.4 Å². The Bertz CT molecular complexity index is 2440. The number of amides is 7. The third-order valence-electron chi connectivity index (χ3n) is 9.59. The monoisotopic (exact) mass is 1060 g/mol. The molecular weight excluding hydrogens is 993 g/mol. The standard InChI is InChI=1S/C48H64N8O15S2/c1-5-72-44(63)30-50-39(57)26-51-45(64)37(24-32-10-7-6-8-11-32)55-41(59)27-52-46(65)38(25-33-13-19-36(20-14-33)71-48(2,3)4)56-42(60)28-53-47(66)70-31-34-15-17-35(18-16-34)69-22-21-49-40(58)29-54-73(67,68)23-9-12-43(61)62/h6-8,10-11,13-20,37-38,54H,5,9,12,21-31H2,1-4H3,(H,49,58)(H,50,57)(H,51,64)(H,52,65)(H,53,66)(H,55,59)(H,56,60)(H,61,62)/t37-,38-/m0/s1. The molecule has 0 heterocycles. The van der Waals surface area contributed by atoms with E-state index in [-0.39, 0.29) is 57.1 Å². The number of carbonyl (C=O) groups is 9. The quantitative estimate of drug-likeness (QED) is 0.0395. The largest absolute Gasteiger partial charge is 0.492 e. The van der Waals surface area contributed by atoms with Gasteiger partial charge in [0, 0.05) is 19.3 Å². The van der Waals surface area contributed by atoms with Crippen LogP contribution in [0.5, 0.6) is 11.5 Å². The van der Waals surface area contributed by atoms with Crippen molar-refractivity contribution in [3.8, 4) is 11.5 Å². The van der Waals surface area contributed by atoms with Gasteiger partial charge in [-0.05, 0) is 73.9 Å². The number of carboxylic acids is 1. The average molecular weight is 1060 g/mol. The van der Waals surface area contributed by atoms with Gasteiger partial charge >= 0.3 is 12.1 Å². The number of nitrogens with one attached hydrogen (secondary N) is 8. The van der Waals surface area contributed by atoms with Crippen LogP contribution in [0.3, 0.4) is 0 Å². The highest BCUT2D eigenvalue weighted by molar-refractivity contribution is 8.13. The van der Waals surface area contributed by atoms with Crippen molar-refractivity contribution in [2.45, 2.75) is 77.7 Å². The van der Waals surface area contributed by atoms with Crippen molar-refractivity contribution in [1.82, 2.24) is 41.9 Å². The zero-order valence-electron chi connectivity index (χ0n) is 41.0. The molecule has 398 valence electrons.